The van der Waals surface area contributed by atoms with Crippen molar-refractivity contribution in [3.05, 3.63) is 23.8 Å². The lowest BCUT2D eigenvalue weighted by Gasteiger charge is -2.38. The van der Waals surface area contributed by atoms with Crippen LogP contribution < -0.4 is 10.6 Å². The van der Waals surface area contributed by atoms with Crippen molar-refractivity contribution in [2.45, 2.75) is 37.2 Å². The Labute approximate surface area is 127 Å². The molecule has 3 nitrogen and oxygen atoms in total. The number of nitrogens with two attached hydrogens (primary N) is 1. The van der Waals surface area contributed by atoms with Crippen LogP contribution in [0.3, 0.4) is 0 Å². The van der Waals surface area contributed by atoms with Crippen LogP contribution in [0.2, 0.25) is 0 Å². The smallest absolute Gasteiger partial charge is 0.0423 e. The lowest BCUT2D eigenvalue weighted by atomic mass is 10.0. The molecule has 1 aromatic rings. The van der Waals surface area contributed by atoms with Crippen LogP contribution in [0.25, 0.3) is 0 Å². The van der Waals surface area contributed by atoms with Gasteiger partial charge < -0.3 is 15.5 Å². The molecule has 20 heavy (non-hydrogen) atoms. The number of rotatable bonds is 5. The molecule has 0 spiro atoms. The first kappa shape index (κ1) is 15.7. The van der Waals surface area contributed by atoms with E-state index in [1.54, 1.807) is 0 Å². The van der Waals surface area contributed by atoms with E-state index in [1.807, 2.05) is 11.8 Å². The monoisotopic (exact) mass is 293 g/mol. The van der Waals surface area contributed by atoms with Gasteiger partial charge in [0.25, 0.3) is 0 Å². The maximum Gasteiger partial charge on any atom is 0.0423 e. The highest BCUT2D eigenvalue weighted by molar-refractivity contribution is 7.99. The minimum Gasteiger partial charge on any atom is -0.370 e. The van der Waals surface area contributed by atoms with Crippen LogP contribution in [0.1, 0.15) is 25.3 Å². The number of benzene rings is 1. The fourth-order valence-electron chi connectivity index (χ4n) is 3.03. The fraction of sp³-hybridized carbons (Fsp3) is 0.625. The summed E-state index contributed by atoms with van der Waals surface area (Å²) in [6.07, 6.45) is 2.56. The summed E-state index contributed by atoms with van der Waals surface area (Å²) in [5, 5.41) is 0. The van der Waals surface area contributed by atoms with Crippen LogP contribution in [0.15, 0.2) is 23.1 Å². The first-order valence-electron chi connectivity index (χ1n) is 7.53. The summed E-state index contributed by atoms with van der Waals surface area (Å²) in [5.74, 6) is 1.09. The van der Waals surface area contributed by atoms with E-state index >= 15 is 0 Å². The third kappa shape index (κ3) is 3.48. The summed E-state index contributed by atoms with van der Waals surface area (Å²) < 4.78 is 0. The van der Waals surface area contributed by atoms with Gasteiger partial charge in [0, 0.05) is 42.3 Å². The molecule has 1 heterocycles. The van der Waals surface area contributed by atoms with Gasteiger partial charge in [-0.2, -0.15) is 0 Å². The molecule has 4 heteroatoms. The topological polar surface area (TPSA) is 32.5 Å². The second kappa shape index (κ2) is 7.34. The molecular weight excluding hydrogens is 266 g/mol. The minimum absolute atomic E-state index is 0.598. The van der Waals surface area contributed by atoms with Crippen molar-refractivity contribution in [1.82, 2.24) is 4.90 Å². The summed E-state index contributed by atoms with van der Waals surface area (Å²) in [7, 11) is 4.44. The van der Waals surface area contributed by atoms with Gasteiger partial charge in [-0.25, -0.2) is 0 Å². The molecule has 0 saturated carbocycles. The Kier molecular flexibility index (Phi) is 5.75. The maximum absolute atomic E-state index is 6.03. The highest BCUT2D eigenvalue weighted by Crippen LogP contribution is 2.32. The second-order valence-electron chi connectivity index (χ2n) is 5.56. The number of nitrogens with zero attached hydrogens (tertiary/aromatic N) is 2. The van der Waals surface area contributed by atoms with Gasteiger partial charge in [-0.1, -0.05) is 13.0 Å². The van der Waals surface area contributed by atoms with E-state index in [0.29, 0.717) is 12.6 Å². The van der Waals surface area contributed by atoms with E-state index in [1.165, 1.54) is 35.5 Å². The number of likely N-dealkylation sites (tertiary alicyclic amines) is 1. The van der Waals surface area contributed by atoms with Crippen molar-refractivity contribution in [3.63, 3.8) is 0 Å². The van der Waals surface area contributed by atoms with E-state index in [9.17, 15) is 0 Å². The summed E-state index contributed by atoms with van der Waals surface area (Å²) in [6, 6.07) is 7.17. The van der Waals surface area contributed by atoms with E-state index in [0.717, 1.165) is 12.3 Å². The largest absolute Gasteiger partial charge is 0.370 e. The molecule has 1 aromatic carbocycles. The van der Waals surface area contributed by atoms with Gasteiger partial charge in [0.2, 0.25) is 0 Å². The predicted molar refractivity (Wildman–Crippen MR) is 89.7 cm³/mol. The molecule has 112 valence electrons. The summed E-state index contributed by atoms with van der Waals surface area (Å²) in [4.78, 5) is 6.21. The Morgan fingerprint density at radius 2 is 2.25 bits per heavy atom. The maximum atomic E-state index is 6.03. The van der Waals surface area contributed by atoms with E-state index in [2.05, 4.69) is 49.0 Å². The Morgan fingerprint density at radius 3 is 2.90 bits per heavy atom. The fourth-order valence-corrected chi connectivity index (χ4v) is 3.88. The Morgan fingerprint density at radius 1 is 1.45 bits per heavy atom. The van der Waals surface area contributed by atoms with Crippen molar-refractivity contribution in [3.8, 4) is 0 Å². The molecule has 0 amide bonds. The van der Waals surface area contributed by atoms with E-state index in [4.69, 9.17) is 5.73 Å². The molecule has 2 rings (SSSR count). The zero-order valence-electron chi connectivity index (χ0n) is 12.9. The molecule has 1 atom stereocenters. The zero-order chi connectivity index (χ0) is 14.5. The number of likely N-dealkylation sites (N-methyl/N-ethyl adjacent to an activating group) is 2. The number of anilines is 1. The molecule has 1 saturated heterocycles. The molecule has 1 aliphatic rings. The highest BCUT2D eigenvalue weighted by Gasteiger charge is 2.23. The number of hydrogen-bond acceptors (Lipinski definition) is 4. The first-order chi connectivity index (χ1) is 9.67. The zero-order valence-corrected chi connectivity index (χ0v) is 13.7. The quantitative estimate of drug-likeness (QED) is 0.846. The molecule has 0 aliphatic carbocycles. The Hall–Kier alpha value is -0.710. The van der Waals surface area contributed by atoms with Crippen molar-refractivity contribution in [2.75, 3.05) is 37.8 Å². The van der Waals surface area contributed by atoms with Crippen molar-refractivity contribution in [2.24, 2.45) is 5.73 Å². The second-order valence-corrected chi connectivity index (χ2v) is 6.87. The summed E-state index contributed by atoms with van der Waals surface area (Å²) >= 11 is 1.89. The van der Waals surface area contributed by atoms with E-state index in [-0.39, 0.29) is 0 Å². The van der Waals surface area contributed by atoms with Crippen molar-refractivity contribution < 1.29 is 0 Å². The molecule has 2 N–H and O–H groups in total. The lowest BCUT2D eigenvalue weighted by Crippen LogP contribution is -2.45. The average Bonchev–Trinajstić information content (AvgIpc) is 2.46. The minimum atomic E-state index is 0.598. The summed E-state index contributed by atoms with van der Waals surface area (Å²) in [6.45, 7) is 5.17. The third-order valence-electron chi connectivity index (χ3n) is 4.14. The molecule has 1 fully saturated rings. The summed E-state index contributed by atoms with van der Waals surface area (Å²) in [5.41, 5.74) is 8.64. The number of hydrogen-bond donors (Lipinski definition) is 1. The van der Waals surface area contributed by atoms with Crippen LogP contribution in [-0.2, 0) is 6.54 Å². The van der Waals surface area contributed by atoms with Gasteiger partial charge in [0.1, 0.15) is 0 Å². The number of thioether (sulfide) groups is 1. The lowest BCUT2D eigenvalue weighted by molar-refractivity contribution is 0.248. The molecule has 1 aliphatic heterocycles. The predicted octanol–water partition coefficient (Wildman–Crippen LogP) is 2.79. The molecule has 0 bridgehead atoms. The first-order valence-corrected chi connectivity index (χ1v) is 8.52. The van der Waals surface area contributed by atoms with Crippen molar-refractivity contribution >= 4 is 17.4 Å². The van der Waals surface area contributed by atoms with Crippen molar-refractivity contribution in [1.29, 1.82) is 0 Å². The molecule has 0 aromatic heterocycles. The van der Waals surface area contributed by atoms with Gasteiger partial charge in [-0.15, -0.1) is 11.8 Å². The Balaban J connectivity index is 2.24. The van der Waals surface area contributed by atoms with Crippen LogP contribution in [0.4, 0.5) is 5.69 Å². The number of piperidine rings is 1. The average molecular weight is 293 g/mol. The standard InChI is InChI=1S/C16H27N3S/c1-4-20-16-9-5-8-15(14(16)11-17)19(3)13-7-6-10-18(2)12-13/h5,8-9,13H,4,6-7,10-12,17H2,1-3H3. The molecule has 1 unspecified atom stereocenters. The van der Waals surface area contributed by atoms with Gasteiger partial charge in [0.15, 0.2) is 0 Å². The van der Waals surface area contributed by atoms with Gasteiger partial charge in [-0.3, -0.25) is 0 Å². The van der Waals surface area contributed by atoms with Gasteiger partial charge >= 0.3 is 0 Å². The molecular formula is C16H27N3S. The van der Waals surface area contributed by atoms with Gasteiger partial charge in [-0.05, 0) is 44.3 Å². The normalized spacial score (nSPS) is 20.1. The third-order valence-corrected chi connectivity index (χ3v) is 5.12. The van der Waals surface area contributed by atoms with Crippen LogP contribution in [0, 0.1) is 0 Å². The Bertz CT molecular complexity index is 436. The van der Waals surface area contributed by atoms with Crippen LogP contribution >= 0.6 is 11.8 Å². The van der Waals surface area contributed by atoms with Crippen LogP contribution in [0.5, 0.6) is 0 Å². The van der Waals surface area contributed by atoms with Gasteiger partial charge in [0.05, 0.1) is 0 Å². The SMILES string of the molecule is CCSc1cccc(N(C)C2CCCN(C)C2)c1CN. The highest BCUT2D eigenvalue weighted by atomic mass is 32.2. The molecule has 0 radical (unpaired) electrons. The van der Waals surface area contributed by atoms with Crippen LogP contribution in [-0.4, -0.2) is 43.9 Å². The van der Waals surface area contributed by atoms with E-state index < -0.39 is 0 Å².